The number of aromatic amines is 1. The molecule has 0 bridgehead atoms. The summed E-state index contributed by atoms with van der Waals surface area (Å²) < 4.78 is 0. The molecule has 0 unspecified atom stereocenters. The van der Waals surface area contributed by atoms with Gasteiger partial charge in [-0.2, -0.15) is 0 Å². The van der Waals surface area contributed by atoms with Crippen molar-refractivity contribution in [2.24, 2.45) is 0 Å². The summed E-state index contributed by atoms with van der Waals surface area (Å²) in [6.07, 6.45) is 2.38. The van der Waals surface area contributed by atoms with E-state index in [9.17, 15) is 9.59 Å². The first-order chi connectivity index (χ1) is 13.1. The lowest BCUT2D eigenvalue weighted by atomic mass is 10.1. The zero-order valence-electron chi connectivity index (χ0n) is 15.7. The number of hydrogen-bond acceptors (Lipinski definition) is 3. The standard InChI is InChI=1S/C21H26N4O2/c1-17(18-7-3-2-4-8-18)23-20(26)10-11-21(27)25-15-13-24(14-16-25)19-9-5-6-12-22-19/h2-9,12,17H,10-11,13-16H2,1H3,(H,23,26)/p+1/t17-/m1/s1. The molecule has 1 aromatic heterocycles. The van der Waals surface area contributed by atoms with Crippen LogP contribution in [0.5, 0.6) is 0 Å². The van der Waals surface area contributed by atoms with Crippen molar-refractivity contribution in [3.63, 3.8) is 0 Å². The van der Waals surface area contributed by atoms with Gasteiger partial charge in [-0.15, -0.1) is 0 Å². The Morgan fingerprint density at radius 3 is 2.37 bits per heavy atom. The number of piperazine rings is 1. The van der Waals surface area contributed by atoms with Crippen LogP contribution >= 0.6 is 0 Å². The number of amides is 2. The van der Waals surface area contributed by atoms with E-state index in [2.05, 4.69) is 15.2 Å². The number of nitrogens with zero attached hydrogens (tertiary/aromatic N) is 2. The number of nitrogens with one attached hydrogen (secondary N) is 2. The summed E-state index contributed by atoms with van der Waals surface area (Å²) in [5.41, 5.74) is 1.06. The fraction of sp³-hybridized carbons (Fsp3) is 0.381. The minimum atomic E-state index is -0.0859. The van der Waals surface area contributed by atoms with Crippen LogP contribution in [0.2, 0.25) is 0 Å². The average molecular weight is 367 g/mol. The average Bonchev–Trinajstić information content (AvgIpc) is 2.73. The lowest BCUT2D eigenvalue weighted by molar-refractivity contribution is -0.364. The van der Waals surface area contributed by atoms with Crippen molar-refractivity contribution in [1.82, 2.24) is 10.2 Å². The molecule has 1 aliphatic heterocycles. The van der Waals surface area contributed by atoms with E-state index in [1.54, 1.807) is 0 Å². The molecule has 3 rings (SSSR count). The number of benzene rings is 1. The van der Waals surface area contributed by atoms with Gasteiger partial charge in [-0.3, -0.25) is 14.5 Å². The fourth-order valence-electron chi connectivity index (χ4n) is 3.29. The van der Waals surface area contributed by atoms with E-state index >= 15 is 0 Å². The molecule has 2 amide bonds. The van der Waals surface area contributed by atoms with Gasteiger partial charge in [0.05, 0.1) is 25.3 Å². The molecule has 1 aliphatic rings. The van der Waals surface area contributed by atoms with Crippen LogP contribution in [0.25, 0.3) is 0 Å². The maximum absolute atomic E-state index is 12.4. The Kier molecular flexibility index (Phi) is 6.41. The van der Waals surface area contributed by atoms with Gasteiger partial charge < -0.3 is 10.2 Å². The molecule has 1 fully saturated rings. The van der Waals surface area contributed by atoms with Gasteiger partial charge in [-0.05, 0) is 18.6 Å². The Bertz CT molecular complexity index is 743. The van der Waals surface area contributed by atoms with Gasteiger partial charge in [0.15, 0.2) is 0 Å². The molecule has 1 atom stereocenters. The van der Waals surface area contributed by atoms with Crippen LogP contribution in [0.3, 0.4) is 0 Å². The lowest BCUT2D eigenvalue weighted by Gasteiger charge is -2.31. The number of rotatable bonds is 6. The monoisotopic (exact) mass is 367 g/mol. The maximum atomic E-state index is 12.4. The molecule has 2 N–H and O–H groups in total. The van der Waals surface area contributed by atoms with Crippen LogP contribution in [0.1, 0.15) is 31.4 Å². The Labute approximate surface area is 160 Å². The Morgan fingerprint density at radius 2 is 1.70 bits per heavy atom. The normalized spacial score (nSPS) is 15.3. The predicted octanol–water partition coefficient (Wildman–Crippen LogP) is 1.81. The predicted molar refractivity (Wildman–Crippen MR) is 104 cm³/mol. The molecule has 0 aliphatic carbocycles. The Balaban J connectivity index is 1.40. The minimum absolute atomic E-state index is 0.0502. The van der Waals surface area contributed by atoms with Crippen LogP contribution in [0.4, 0.5) is 5.82 Å². The van der Waals surface area contributed by atoms with Crippen molar-refractivity contribution in [3.05, 3.63) is 60.3 Å². The number of hydrogen-bond donors (Lipinski definition) is 1. The molecule has 2 aromatic rings. The van der Waals surface area contributed by atoms with Crippen LogP contribution in [-0.2, 0) is 9.59 Å². The summed E-state index contributed by atoms with van der Waals surface area (Å²) in [7, 11) is 0. The zero-order valence-corrected chi connectivity index (χ0v) is 15.7. The van der Waals surface area contributed by atoms with Gasteiger partial charge in [0.2, 0.25) is 11.8 Å². The number of pyridine rings is 1. The van der Waals surface area contributed by atoms with Crippen LogP contribution in [0, 0.1) is 0 Å². The number of aromatic nitrogens is 1. The molecule has 27 heavy (non-hydrogen) atoms. The maximum Gasteiger partial charge on any atom is 0.274 e. The summed E-state index contributed by atoms with van der Waals surface area (Å²) in [6, 6.07) is 15.8. The first-order valence-electron chi connectivity index (χ1n) is 9.47. The van der Waals surface area contributed by atoms with Gasteiger partial charge in [-0.25, -0.2) is 4.98 Å². The van der Waals surface area contributed by atoms with E-state index in [-0.39, 0.29) is 30.7 Å². The highest BCUT2D eigenvalue weighted by atomic mass is 16.2. The van der Waals surface area contributed by atoms with Crippen LogP contribution in [0.15, 0.2) is 54.7 Å². The number of carbonyl (C=O) groups is 2. The van der Waals surface area contributed by atoms with Crippen LogP contribution in [-0.4, -0.2) is 42.9 Å². The van der Waals surface area contributed by atoms with Gasteiger partial charge in [0.1, 0.15) is 13.1 Å². The molecule has 1 aromatic carbocycles. The summed E-state index contributed by atoms with van der Waals surface area (Å²) in [5.74, 6) is 1.03. The van der Waals surface area contributed by atoms with E-state index in [1.165, 1.54) is 0 Å². The SMILES string of the molecule is C[C@@H](NC(=O)CCC(=O)N1CCN(c2cccc[nH+]2)CC1)c1ccccc1. The van der Waals surface area contributed by atoms with E-state index in [0.717, 1.165) is 24.5 Å². The Morgan fingerprint density at radius 1 is 1.00 bits per heavy atom. The quantitative estimate of drug-likeness (QED) is 0.847. The lowest BCUT2D eigenvalue weighted by Crippen LogP contribution is -2.50. The van der Waals surface area contributed by atoms with Gasteiger partial charge in [0, 0.05) is 18.9 Å². The van der Waals surface area contributed by atoms with E-state index < -0.39 is 0 Å². The number of anilines is 1. The summed E-state index contributed by atoms with van der Waals surface area (Å²) in [5, 5.41) is 2.96. The van der Waals surface area contributed by atoms with Crippen molar-refractivity contribution in [2.75, 3.05) is 31.1 Å². The van der Waals surface area contributed by atoms with Crippen molar-refractivity contribution in [3.8, 4) is 0 Å². The van der Waals surface area contributed by atoms with Crippen molar-refractivity contribution in [2.45, 2.75) is 25.8 Å². The highest BCUT2D eigenvalue weighted by molar-refractivity contribution is 5.84. The van der Waals surface area contributed by atoms with Gasteiger partial charge in [0.25, 0.3) is 5.82 Å². The minimum Gasteiger partial charge on any atom is -0.350 e. The summed E-state index contributed by atoms with van der Waals surface area (Å²) in [6.45, 7) is 4.91. The molecule has 0 radical (unpaired) electrons. The molecular weight excluding hydrogens is 340 g/mol. The summed E-state index contributed by atoms with van der Waals surface area (Å²) >= 11 is 0. The first-order valence-corrected chi connectivity index (χ1v) is 9.47. The Hall–Kier alpha value is -2.89. The highest BCUT2D eigenvalue weighted by Crippen LogP contribution is 2.13. The van der Waals surface area contributed by atoms with Crippen molar-refractivity contribution >= 4 is 17.6 Å². The third kappa shape index (κ3) is 5.29. The van der Waals surface area contributed by atoms with E-state index in [0.29, 0.717) is 13.1 Å². The van der Waals surface area contributed by atoms with Gasteiger partial charge >= 0.3 is 0 Å². The second-order valence-electron chi connectivity index (χ2n) is 6.82. The molecular formula is C21H27N4O2+. The smallest absolute Gasteiger partial charge is 0.274 e. The zero-order chi connectivity index (χ0) is 19.1. The molecule has 0 saturated carbocycles. The molecule has 2 heterocycles. The highest BCUT2D eigenvalue weighted by Gasteiger charge is 2.26. The third-order valence-electron chi connectivity index (χ3n) is 4.91. The molecule has 0 spiro atoms. The summed E-state index contributed by atoms with van der Waals surface area (Å²) in [4.78, 5) is 31.9. The molecule has 6 nitrogen and oxygen atoms in total. The second kappa shape index (κ2) is 9.16. The second-order valence-corrected chi connectivity index (χ2v) is 6.82. The van der Waals surface area contributed by atoms with E-state index in [4.69, 9.17) is 0 Å². The topological polar surface area (TPSA) is 66.8 Å². The van der Waals surface area contributed by atoms with Crippen LogP contribution < -0.4 is 15.2 Å². The molecule has 6 heteroatoms. The van der Waals surface area contributed by atoms with E-state index in [1.807, 2.05) is 66.6 Å². The van der Waals surface area contributed by atoms with Crippen molar-refractivity contribution in [1.29, 1.82) is 0 Å². The van der Waals surface area contributed by atoms with Gasteiger partial charge in [-0.1, -0.05) is 36.4 Å². The first kappa shape index (κ1) is 18.9. The van der Waals surface area contributed by atoms with Crippen molar-refractivity contribution < 1.29 is 14.6 Å². The number of H-pyrrole nitrogens is 1. The molecule has 1 saturated heterocycles. The molecule has 142 valence electrons. The number of carbonyl (C=O) groups excluding carboxylic acids is 2. The largest absolute Gasteiger partial charge is 0.350 e. The fourth-order valence-corrected chi connectivity index (χ4v) is 3.29. The third-order valence-corrected chi connectivity index (χ3v) is 4.91.